The molecule has 2 aromatic heterocycles. The SMILES string of the molecule is COc1cc(NS(=O)(=O)c2ccc(NC(=O)c3c(-c4ccccc4Cl)noc3C)cc2)nc(OC)n1. The van der Waals surface area contributed by atoms with Crippen LogP contribution in [0.25, 0.3) is 11.3 Å². The highest BCUT2D eigenvalue weighted by molar-refractivity contribution is 7.92. The second-order valence-electron chi connectivity index (χ2n) is 7.31. The molecule has 4 rings (SSSR count). The predicted molar refractivity (Wildman–Crippen MR) is 132 cm³/mol. The van der Waals surface area contributed by atoms with E-state index in [1.54, 1.807) is 31.2 Å². The number of hydrogen-bond donors (Lipinski definition) is 2. The molecule has 0 aliphatic rings. The van der Waals surface area contributed by atoms with Gasteiger partial charge in [-0.15, -0.1) is 0 Å². The first kappa shape index (κ1) is 24.9. The van der Waals surface area contributed by atoms with Crippen LogP contribution in [0.5, 0.6) is 11.9 Å². The average molecular weight is 530 g/mol. The first-order valence-electron chi connectivity index (χ1n) is 10.3. The largest absolute Gasteiger partial charge is 0.481 e. The predicted octanol–water partition coefficient (Wildman–Crippen LogP) is 4.16. The molecule has 1 amide bonds. The molecule has 2 aromatic carbocycles. The molecule has 0 aliphatic carbocycles. The maximum Gasteiger partial charge on any atom is 0.321 e. The minimum Gasteiger partial charge on any atom is -0.481 e. The Labute approximate surface area is 211 Å². The highest BCUT2D eigenvalue weighted by Gasteiger charge is 2.23. The lowest BCUT2D eigenvalue weighted by Gasteiger charge is -2.11. The van der Waals surface area contributed by atoms with Crippen LogP contribution < -0.4 is 19.5 Å². The summed E-state index contributed by atoms with van der Waals surface area (Å²) < 4.78 is 43.2. The Morgan fingerprint density at radius 1 is 1.03 bits per heavy atom. The Morgan fingerprint density at radius 3 is 2.42 bits per heavy atom. The number of hydrogen-bond acceptors (Lipinski definition) is 9. The van der Waals surface area contributed by atoms with Crippen molar-refractivity contribution in [1.82, 2.24) is 15.1 Å². The molecule has 0 aliphatic heterocycles. The fourth-order valence-corrected chi connectivity index (χ4v) is 4.45. The van der Waals surface area contributed by atoms with Crippen LogP contribution in [0.3, 0.4) is 0 Å². The molecule has 0 atom stereocenters. The minimum absolute atomic E-state index is 0.0360. The number of nitrogens with one attached hydrogen (secondary N) is 2. The smallest absolute Gasteiger partial charge is 0.321 e. The van der Waals surface area contributed by atoms with Crippen LogP contribution in [-0.2, 0) is 10.0 Å². The van der Waals surface area contributed by atoms with Gasteiger partial charge in [0.2, 0.25) is 5.88 Å². The van der Waals surface area contributed by atoms with Gasteiger partial charge in [0.1, 0.15) is 17.0 Å². The summed E-state index contributed by atoms with van der Waals surface area (Å²) in [6.45, 7) is 1.61. The zero-order valence-electron chi connectivity index (χ0n) is 19.3. The third-order valence-electron chi connectivity index (χ3n) is 4.95. The highest BCUT2D eigenvalue weighted by Crippen LogP contribution is 2.31. The highest BCUT2D eigenvalue weighted by atomic mass is 35.5. The van der Waals surface area contributed by atoms with Crippen molar-refractivity contribution in [3.63, 3.8) is 0 Å². The van der Waals surface area contributed by atoms with E-state index in [0.29, 0.717) is 27.7 Å². The Morgan fingerprint density at radius 2 is 1.75 bits per heavy atom. The van der Waals surface area contributed by atoms with E-state index < -0.39 is 15.9 Å². The van der Waals surface area contributed by atoms with E-state index in [-0.39, 0.29) is 28.2 Å². The number of ether oxygens (including phenoxy) is 2. The lowest BCUT2D eigenvalue weighted by atomic mass is 10.1. The van der Waals surface area contributed by atoms with Gasteiger partial charge in [-0.3, -0.25) is 9.52 Å². The van der Waals surface area contributed by atoms with Gasteiger partial charge < -0.3 is 19.3 Å². The number of amides is 1. The van der Waals surface area contributed by atoms with Crippen LogP contribution >= 0.6 is 11.6 Å². The van der Waals surface area contributed by atoms with Crippen molar-refractivity contribution in [2.75, 3.05) is 24.3 Å². The molecule has 0 bridgehead atoms. The number of carbonyl (C=O) groups is 1. The van der Waals surface area contributed by atoms with Crippen molar-refractivity contribution in [2.24, 2.45) is 0 Å². The van der Waals surface area contributed by atoms with Gasteiger partial charge in [0.25, 0.3) is 15.9 Å². The summed E-state index contributed by atoms with van der Waals surface area (Å²) >= 11 is 6.26. The van der Waals surface area contributed by atoms with E-state index in [4.69, 9.17) is 25.6 Å². The van der Waals surface area contributed by atoms with Crippen LogP contribution in [-0.4, -0.2) is 43.7 Å². The molecular weight excluding hydrogens is 510 g/mol. The van der Waals surface area contributed by atoms with Crippen LogP contribution in [0.15, 0.2) is 64.0 Å². The van der Waals surface area contributed by atoms with Crippen molar-refractivity contribution in [3.05, 3.63) is 70.9 Å². The number of carbonyl (C=O) groups excluding carboxylic acids is 1. The number of anilines is 2. The zero-order valence-corrected chi connectivity index (χ0v) is 20.8. The monoisotopic (exact) mass is 529 g/mol. The second-order valence-corrected chi connectivity index (χ2v) is 9.40. The Kier molecular flexibility index (Phi) is 7.08. The quantitative estimate of drug-likeness (QED) is 0.343. The van der Waals surface area contributed by atoms with Crippen LogP contribution in [0, 0.1) is 6.92 Å². The van der Waals surface area contributed by atoms with E-state index in [9.17, 15) is 13.2 Å². The molecule has 4 aromatic rings. The molecular formula is C23H20ClN5O6S. The summed E-state index contributed by atoms with van der Waals surface area (Å²) in [6, 6.07) is 13.8. The van der Waals surface area contributed by atoms with Crippen molar-refractivity contribution < 1.29 is 27.2 Å². The summed E-state index contributed by atoms with van der Waals surface area (Å²) in [5.74, 6) is -0.0944. The Balaban J connectivity index is 1.54. The third kappa shape index (κ3) is 5.24. The molecule has 0 saturated heterocycles. The van der Waals surface area contributed by atoms with Crippen LogP contribution in [0.4, 0.5) is 11.5 Å². The fraction of sp³-hybridized carbons (Fsp3) is 0.130. The molecule has 2 N–H and O–H groups in total. The molecule has 11 nitrogen and oxygen atoms in total. The molecule has 0 radical (unpaired) electrons. The third-order valence-corrected chi connectivity index (χ3v) is 6.65. The Hall–Kier alpha value is -4.16. The van der Waals surface area contributed by atoms with Gasteiger partial charge in [0, 0.05) is 17.3 Å². The first-order chi connectivity index (χ1) is 17.2. The lowest BCUT2D eigenvalue weighted by Crippen LogP contribution is -2.16. The number of rotatable bonds is 8. The van der Waals surface area contributed by atoms with Crippen molar-refractivity contribution in [1.29, 1.82) is 0 Å². The van der Waals surface area contributed by atoms with Gasteiger partial charge in [-0.05, 0) is 37.3 Å². The van der Waals surface area contributed by atoms with E-state index in [1.165, 1.54) is 44.6 Å². The van der Waals surface area contributed by atoms with E-state index in [0.717, 1.165) is 0 Å². The topological polar surface area (TPSA) is 146 Å². The van der Waals surface area contributed by atoms with Crippen LogP contribution in [0.1, 0.15) is 16.1 Å². The van der Waals surface area contributed by atoms with E-state index in [2.05, 4.69) is 25.2 Å². The van der Waals surface area contributed by atoms with Crippen molar-refractivity contribution in [3.8, 4) is 23.1 Å². The van der Waals surface area contributed by atoms with Gasteiger partial charge in [-0.2, -0.15) is 9.97 Å². The van der Waals surface area contributed by atoms with Gasteiger partial charge in [0.05, 0.1) is 24.1 Å². The number of benzene rings is 2. The van der Waals surface area contributed by atoms with Crippen LogP contribution in [0.2, 0.25) is 5.02 Å². The maximum atomic E-state index is 13.0. The first-order valence-corrected chi connectivity index (χ1v) is 12.2. The number of aryl methyl sites for hydroxylation is 1. The summed E-state index contributed by atoms with van der Waals surface area (Å²) in [4.78, 5) is 20.8. The molecule has 186 valence electrons. The molecule has 36 heavy (non-hydrogen) atoms. The van der Waals surface area contributed by atoms with Crippen molar-refractivity contribution in [2.45, 2.75) is 11.8 Å². The van der Waals surface area contributed by atoms with Gasteiger partial charge in [0.15, 0.2) is 5.82 Å². The summed E-state index contributed by atoms with van der Waals surface area (Å²) in [6.07, 6.45) is 0. The minimum atomic E-state index is -4.01. The number of nitrogens with zero attached hydrogens (tertiary/aromatic N) is 3. The van der Waals surface area contributed by atoms with Gasteiger partial charge in [-0.1, -0.05) is 35.0 Å². The molecule has 0 saturated carbocycles. The molecule has 0 fully saturated rings. The zero-order chi connectivity index (χ0) is 25.9. The molecule has 0 spiro atoms. The number of halogens is 1. The number of methoxy groups -OCH3 is 2. The average Bonchev–Trinajstić information content (AvgIpc) is 3.25. The van der Waals surface area contributed by atoms with Gasteiger partial charge in [-0.25, -0.2) is 8.42 Å². The molecule has 2 heterocycles. The summed E-state index contributed by atoms with van der Waals surface area (Å²) in [5.41, 5.74) is 1.42. The van der Waals surface area contributed by atoms with E-state index >= 15 is 0 Å². The Bertz CT molecular complexity index is 1500. The normalized spacial score (nSPS) is 11.1. The van der Waals surface area contributed by atoms with Gasteiger partial charge >= 0.3 is 6.01 Å². The summed E-state index contributed by atoms with van der Waals surface area (Å²) in [7, 11) is -1.28. The van der Waals surface area contributed by atoms with E-state index in [1.807, 2.05) is 0 Å². The number of sulfonamides is 1. The second kappa shape index (κ2) is 10.2. The number of aromatic nitrogens is 3. The lowest BCUT2D eigenvalue weighted by molar-refractivity contribution is 0.102. The summed E-state index contributed by atoms with van der Waals surface area (Å²) in [5, 5.41) is 7.12. The maximum absolute atomic E-state index is 13.0. The standard InChI is InChI=1S/C23H20ClN5O6S/c1-13-20(21(28-35-13)16-6-4-5-7-17(16)24)22(30)25-14-8-10-15(11-9-14)36(31,32)29-18-12-19(33-2)27-23(26-18)34-3/h4-12H,1-3H3,(H,25,30)(H,26,27,29). The fourth-order valence-electron chi connectivity index (χ4n) is 3.24. The molecule has 13 heteroatoms. The van der Waals surface area contributed by atoms with Crippen molar-refractivity contribution >= 4 is 39.0 Å². The molecule has 0 unspecified atom stereocenters.